The van der Waals surface area contributed by atoms with Gasteiger partial charge in [0, 0.05) is 56.2 Å². The Labute approximate surface area is 202 Å². The van der Waals surface area contributed by atoms with E-state index in [0.717, 1.165) is 76.6 Å². The highest BCUT2D eigenvalue weighted by Gasteiger charge is 2.18. The molecule has 1 unspecified atom stereocenters. The zero-order valence-corrected chi connectivity index (χ0v) is 22.2. The molecule has 5 heteroatoms. The molecule has 1 saturated heterocycles. The van der Waals surface area contributed by atoms with Gasteiger partial charge in [-0.05, 0) is 62.3 Å². The minimum absolute atomic E-state index is 0.116. The fourth-order valence-electron chi connectivity index (χ4n) is 3.54. The molecule has 1 N–H and O–H groups in total. The van der Waals surface area contributed by atoms with Gasteiger partial charge >= 0.3 is 0 Å². The van der Waals surface area contributed by atoms with E-state index in [1.807, 2.05) is 19.9 Å². The standard InChI is InChI=1S/C17H26N2O.C9H18O.C2H4O/c1-4-13(3)17(20)16-7-6-15(12-14(16)5-2)19-10-8-18-9-11-19;1-4-5-9(10)7-6-8(2)3;1-2-3/h6-7,12-13,18H,4-5,8-11H2,1-3H3;8H,4-7H2,1-3H3;2H,1H3. The van der Waals surface area contributed by atoms with E-state index in [1.165, 1.54) is 18.2 Å². The molecule has 0 spiro atoms. The van der Waals surface area contributed by atoms with Crippen molar-refractivity contribution in [3.8, 4) is 0 Å². The summed E-state index contributed by atoms with van der Waals surface area (Å²) >= 11 is 0. The molecule has 188 valence electrons. The molecule has 0 aliphatic carbocycles. The number of aryl methyl sites for hydroxylation is 1. The minimum atomic E-state index is 0.116. The van der Waals surface area contributed by atoms with Gasteiger partial charge in [-0.2, -0.15) is 0 Å². The number of piperazine rings is 1. The molecule has 1 aromatic carbocycles. The predicted octanol–water partition coefficient (Wildman–Crippen LogP) is 5.88. The molecule has 0 radical (unpaired) electrons. The smallest absolute Gasteiger partial charge is 0.165 e. The second kappa shape index (κ2) is 18.4. The molecule has 1 heterocycles. The number of Topliss-reactive ketones (excluding diaryl/α,β-unsaturated/α-hetero) is 2. The summed E-state index contributed by atoms with van der Waals surface area (Å²) in [4.78, 5) is 34.6. The molecule has 0 bridgehead atoms. The highest BCUT2D eigenvalue weighted by atomic mass is 16.1. The van der Waals surface area contributed by atoms with Crippen molar-refractivity contribution in [3.05, 3.63) is 29.3 Å². The largest absolute Gasteiger partial charge is 0.369 e. The minimum Gasteiger partial charge on any atom is -0.369 e. The number of hydrogen-bond acceptors (Lipinski definition) is 5. The van der Waals surface area contributed by atoms with E-state index in [4.69, 9.17) is 4.79 Å². The van der Waals surface area contributed by atoms with Gasteiger partial charge in [0.2, 0.25) is 0 Å². The van der Waals surface area contributed by atoms with Crippen molar-refractivity contribution < 1.29 is 14.4 Å². The van der Waals surface area contributed by atoms with Gasteiger partial charge in [-0.3, -0.25) is 9.59 Å². The van der Waals surface area contributed by atoms with Crippen LogP contribution >= 0.6 is 0 Å². The van der Waals surface area contributed by atoms with E-state index in [0.29, 0.717) is 11.7 Å². The lowest BCUT2D eigenvalue weighted by molar-refractivity contribution is -0.119. The molecule has 1 aliphatic rings. The Kier molecular flexibility index (Phi) is 17.3. The van der Waals surface area contributed by atoms with Crippen LogP contribution in [-0.4, -0.2) is 44.0 Å². The Morgan fingerprint density at radius 1 is 1.06 bits per heavy atom. The van der Waals surface area contributed by atoms with Gasteiger partial charge in [-0.25, -0.2) is 0 Å². The monoisotopic (exact) mass is 460 g/mol. The summed E-state index contributed by atoms with van der Waals surface area (Å²) in [6.45, 7) is 18.2. The first-order valence-electron chi connectivity index (χ1n) is 12.8. The van der Waals surface area contributed by atoms with E-state index >= 15 is 0 Å². The van der Waals surface area contributed by atoms with Crippen LogP contribution in [0.1, 0.15) is 96.5 Å². The van der Waals surface area contributed by atoms with E-state index in [1.54, 1.807) is 0 Å². The number of carbonyl (C=O) groups is 3. The topological polar surface area (TPSA) is 66.5 Å². The van der Waals surface area contributed by atoms with Crippen molar-refractivity contribution >= 4 is 23.5 Å². The normalized spacial score (nSPS) is 13.9. The highest BCUT2D eigenvalue weighted by molar-refractivity contribution is 5.99. The molecule has 0 aromatic heterocycles. The lowest BCUT2D eigenvalue weighted by Gasteiger charge is -2.30. The first-order chi connectivity index (χ1) is 15.7. The molecule has 33 heavy (non-hydrogen) atoms. The summed E-state index contributed by atoms with van der Waals surface area (Å²) in [6, 6.07) is 6.35. The van der Waals surface area contributed by atoms with Gasteiger partial charge in [-0.15, -0.1) is 0 Å². The number of nitrogens with one attached hydrogen (secondary N) is 1. The van der Waals surface area contributed by atoms with E-state index in [-0.39, 0.29) is 11.7 Å². The first kappa shape index (κ1) is 31.0. The molecular formula is C28H48N2O3. The predicted molar refractivity (Wildman–Crippen MR) is 140 cm³/mol. The number of benzene rings is 1. The first-order valence-corrected chi connectivity index (χ1v) is 12.8. The molecule has 2 rings (SSSR count). The van der Waals surface area contributed by atoms with Crippen LogP contribution in [0.15, 0.2) is 18.2 Å². The van der Waals surface area contributed by atoms with Gasteiger partial charge in [0.15, 0.2) is 5.78 Å². The fourth-order valence-corrected chi connectivity index (χ4v) is 3.54. The third kappa shape index (κ3) is 12.7. The summed E-state index contributed by atoms with van der Waals surface area (Å²) in [5.74, 6) is 1.50. The molecule has 1 aliphatic heterocycles. The second-order valence-electron chi connectivity index (χ2n) is 9.06. The van der Waals surface area contributed by atoms with Crippen LogP contribution in [0.2, 0.25) is 0 Å². The zero-order chi connectivity index (χ0) is 25.2. The number of nitrogens with zero attached hydrogens (tertiary/aromatic N) is 1. The quantitative estimate of drug-likeness (QED) is 0.349. The van der Waals surface area contributed by atoms with Crippen LogP contribution in [0.5, 0.6) is 0 Å². The van der Waals surface area contributed by atoms with Crippen molar-refractivity contribution in [1.29, 1.82) is 0 Å². The Morgan fingerprint density at radius 2 is 1.67 bits per heavy atom. The van der Waals surface area contributed by atoms with E-state index in [9.17, 15) is 9.59 Å². The maximum atomic E-state index is 12.4. The maximum Gasteiger partial charge on any atom is 0.165 e. The van der Waals surface area contributed by atoms with Crippen molar-refractivity contribution in [2.75, 3.05) is 31.1 Å². The average Bonchev–Trinajstić information content (AvgIpc) is 2.83. The third-order valence-corrected chi connectivity index (χ3v) is 5.81. The van der Waals surface area contributed by atoms with Gasteiger partial charge in [-0.1, -0.05) is 41.5 Å². The van der Waals surface area contributed by atoms with Crippen LogP contribution in [0, 0.1) is 11.8 Å². The zero-order valence-electron chi connectivity index (χ0n) is 22.2. The van der Waals surface area contributed by atoms with Crippen LogP contribution in [-0.2, 0) is 16.0 Å². The molecule has 1 fully saturated rings. The number of hydrogen-bond donors (Lipinski definition) is 1. The van der Waals surface area contributed by atoms with Crippen LogP contribution in [0.25, 0.3) is 0 Å². The lowest BCUT2D eigenvalue weighted by atomic mass is 9.92. The molecule has 5 nitrogen and oxygen atoms in total. The van der Waals surface area contributed by atoms with Gasteiger partial charge < -0.3 is 15.0 Å². The van der Waals surface area contributed by atoms with Crippen LogP contribution < -0.4 is 10.2 Å². The Bertz CT molecular complexity index is 694. The van der Waals surface area contributed by atoms with Crippen molar-refractivity contribution in [3.63, 3.8) is 0 Å². The molecule has 0 amide bonds. The van der Waals surface area contributed by atoms with Crippen LogP contribution in [0.3, 0.4) is 0 Å². The van der Waals surface area contributed by atoms with Gasteiger partial charge in [0.25, 0.3) is 0 Å². The van der Waals surface area contributed by atoms with Crippen molar-refractivity contribution in [1.82, 2.24) is 5.32 Å². The van der Waals surface area contributed by atoms with Crippen molar-refractivity contribution in [2.45, 2.75) is 87.0 Å². The molecule has 0 saturated carbocycles. The average molecular weight is 461 g/mol. The molecule has 1 atom stereocenters. The Morgan fingerprint density at radius 3 is 2.15 bits per heavy atom. The fraction of sp³-hybridized carbons (Fsp3) is 0.679. The summed E-state index contributed by atoms with van der Waals surface area (Å²) in [5, 5.41) is 3.37. The maximum absolute atomic E-state index is 12.4. The Balaban J connectivity index is 0.000000663. The molecular weight excluding hydrogens is 412 g/mol. The number of aldehydes is 1. The SMILES string of the molecule is CC=O.CCCC(=O)CCC(C)C.CCc1cc(N2CCNCC2)ccc1C(=O)C(C)CC. The number of rotatable bonds is 10. The summed E-state index contributed by atoms with van der Waals surface area (Å²) in [6.07, 6.45) is 6.17. The summed E-state index contributed by atoms with van der Waals surface area (Å²) in [5.41, 5.74) is 3.36. The van der Waals surface area contributed by atoms with Gasteiger partial charge in [0.05, 0.1) is 0 Å². The summed E-state index contributed by atoms with van der Waals surface area (Å²) in [7, 11) is 0. The number of ketones is 2. The van der Waals surface area contributed by atoms with Crippen molar-refractivity contribution in [2.24, 2.45) is 11.8 Å². The number of carbonyl (C=O) groups excluding carboxylic acids is 3. The number of anilines is 1. The van der Waals surface area contributed by atoms with E-state index < -0.39 is 0 Å². The van der Waals surface area contributed by atoms with Crippen LogP contribution in [0.4, 0.5) is 5.69 Å². The summed E-state index contributed by atoms with van der Waals surface area (Å²) < 4.78 is 0. The van der Waals surface area contributed by atoms with E-state index in [2.05, 4.69) is 50.0 Å². The highest BCUT2D eigenvalue weighted by Crippen LogP contribution is 2.23. The Hall–Kier alpha value is -2.01. The molecule has 1 aromatic rings. The third-order valence-electron chi connectivity index (χ3n) is 5.81. The lowest BCUT2D eigenvalue weighted by Crippen LogP contribution is -2.43. The second-order valence-corrected chi connectivity index (χ2v) is 9.06. The van der Waals surface area contributed by atoms with Gasteiger partial charge in [0.1, 0.15) is 12.1 Å².